The van der Waals surface area contributed by atoms with Crippen molar-refractivity contribution in [3.8, 4) is 17.1 Å². The molecule has 174 valence electrons. The Kier molecular flexibility index (Phi) is 7.60. The van der Waals surface area contributed by atoms with Crippen molar-refractivity contribution < 1.29 is 24.2 Å². The van der Waals surface area contributed by atoms with E-state index in [1.165, 1.54) is 4.80 Å². The summed E-state index contributed by atoms with van der Waals surface area (Å²) in [7, 11) is 0. The second kappa shape index (κ2) is 10.6. The summed E-state index contributed by atoms with van der Waals surface area (Å²) in [6.07, 6.45) is -1.02. The lowest BCUT2D eigenvalue weighted by atomic mass is 10.2. The van der Waals surface area contributed by atoms with Crippen LogP contribution in [0.1, 0.15) is 32.8 Å². The number of rotatable bonds is 9. The molecule has 10 nitrogen and oxygen atoms in total. The predicted molar refractivity (Wildman–Crippen MR) is 119 cm³/mol. The van der Waals surface area contributed by atoms with E-state index in [-0.39, 0.29) is 13.0 Å². The maximum absolute atomic E-state index is 12.0. The molecular weight excluding hydrogens is 426 g/mol. The van der Waals surface area contributed by atoms with Crippen molar-refractivity contribution in [1.82, 2.24) is 25.5 Å². The van der Waals surface area contributed by atoms with Gasteiger partial charge in [-0.2, -0.15) is 4.80 Å². The molecule has 0 aliphatic carbocycles. The molecule has 0 aliphatic heterocycles. The molecular formula is C23H27N5O5. The van der Waals surface area contributed by atoms with Gasteiger partial charge in [0.15, 0.2) is 0 Å². The number of benzene rings is 2. The first-order valence-corrected chi connectivity index (χ1v) is 10.4. The van der Waals surface area contributed by atoms with E-state index in [1.54, 1.807) is 20.8 Å². The van der Waals surface area contributed by atoms with Gasteiger partial charge in [0.1, 0.15) is 18.0 Å². The summed E-state index contributed by atoms with van der Waals surface area (Å²) in [6, 6.07) is 16.3. The standard InChI is InChI=1S/C23H27N5O5/c1-23(2,3)33-22(31)24-18(13-20(29)30)14-28-26-21(25-27-28)17-9-11-19(12-10-17)32-15-16-7-5-4-6-8-16/h4-12,18H,13-15H2,1-3H3,(H,24,31)(H,29,30)/t18-/m1/s1. The number of alkyl carbamates (subject to hydrolysis) is 1. The lowest BCUT2D eigenvalue weighted by Crippen LogP contribution is -2.42. The summed E-state index contributed by atoms with van der Waals surface area (Å²) in [5.41, 5.74) is 1.10. The Morgan fingerprint density at radius 1 is 1.09 bits per heavy atom. The second-order valence-electron chi connectivity index (χ2n) is 8.41. The minimum absolute atomic E-state index is 0.0246. The SMILES string of the molecule is CC(C)(C)OC(=O)N[C@H](CC(=O)O)Cn1nnc(-c2ccc(OCc3ccccc3)cc2)n1. The van der Waals surface area contributed by atoms with Gasteiger partial charge < -0.3 is 19.9 Å². The smallest absolute Gasteiger partial charge is 0.407 e. The average Bonchev–Trinajstić information content (AvgIpc) is 3.20. The van der Waals surface area contributed by atoms with Crippen LogP contribution in [-0.4, -0.2) is 49.0 Å². The van der Waals surface area contributed by atoms with Gasteiger partial charge in [0, 0.05) is 5.56 Å². The monoisotopic (exact) mass is 453 g/mol. The number of carboxylic acids is 1. The van der Waals surface area contributed by atoms with Crippen LogP contribution in [0, 0.1) is 0 Å². The van der Waals surface area contributed by atoms with Crippen LogP contribution in [0.3, 0.4) is 0 Å². The van der Waals surface area contributed by atoms with Gasteiger partial charge in [0.2, 0.25) is 5.82 Å². The molecule has 3 rings (SSSR count). The number of aromatic nitrogens is 4. The molecule has 0 aliphatic rings. The fourth-order valence-electron chi connectivity index (χ4n) is 2.92. The number of amides is 1. The van der Waals surface area contributed by atoms with Gasteiger partial charge in [-0.25, -0.2) is 4.79 Å². The Bertz CT molecular complexity index is 1060. The highest BCUT2D eigenvalue weighted by molar-refractivity contribution is 5.71. The third-order valence-corrected chi connectivity index (χ3v) is 4.34. The van der Waals surface area contributed by atoms with E-state index in [9.17, 15) is 9.59 Å². The summed E-state index contributed by atoms with van der Waals surface area (Å²) in [5, 5.41) is 24.0. The third-order valence-electron chi connectivity index (χ3n) is 4.34. The number of nitrogens with zero attached hydrogens (tertiary/aromatic N) is 4. The molecule has 0 saturated carbocycles. The van der Waals surface area contributed by atoms with E-state index < -0.39 is 23.7 Å². The van der Waals surface area contributed by atoms with Crippen molar-refractivity contribution in [2.75, 3.05) is 0 Å². The molecule has 3 aromatic rings. The first kappa shape index (κ1) is 23.7. The van der Waals surface area contributed by atoms with Crippen molar-refractivity contribution in [2.45, 2.75) is 52.0 Å². The van der Waals surface area contributed by atoms with E-state index in [1.807, 2.05) is 54.6 Å². The maximum atomic E-state index is 12.0. The number of carboxylic acid groups (broad SMARTS) is 1. The lowest BCUT2D eigenvalue weighted by Gasteiger charge is -2.22. The molecule has 10 heteroatoms. The van der Waals surface area contributed by atoms with Crippen molar-refractivity contribution in [3.63, 3.8) is 0 Å². The van der Waals surface area contributed by atoms with Crippen LogP contribution >= 0.6 is 0 Å². The van der Waals surface area contributed by atoms with Gasteiger partial charge in [-0.15, -0.1) is 10.2 Å². The average molecular weight is 453 g/mol. The largest absolute Gasteiger partial charge is 0.489 e. The molecule has 1 amide bonds. The Hall–Kier alpha value is -3.95. The molecule has 0 bridgehead atoms. The predicted octanol–water partition coefficient (Wildman–Crippen LogP) is 3.29. The van der Waals surface area contributed by atoms with E-state index in [0.717, 1.165) is 11.1 Å². The van der Waals surface area contributed by atoms with Gasteiger partial charge in [-0.3, -0.25) is 4.79 Å². The number of hydrogen-bond acceptors (Lipinski definition) is 7. The molecule has 0 radical (unpaired) electrons. The fourth-order valence-corrected chi connectivity index (χ4v) is 2.92. The van der Waals surface area contributed by atoms with E-state index in [0.29, 0.717) is 18.2 Å². The first-order chi connectivity index (χ1) is 15.7. The Morgan fingerprint density at radius 3 is 2.42 bits per heavy atom. The molecule has 1 atom stereocenters. The van der Waals surface area contributed by atoms with E-state index >= 15 is 0 Å². The van der Waals surface area contributed by atoms with Crippen LogP contribution in [0.2, 0.25) is 0 Å². The molecule has 0 spiro atoms. The van der Waals surface area contributed by atoms with Crippen LogP contribution in [0.25, 0.3) is 11.4 Å². The van der Waals surface area contributed by atoms with E-state index in [2.05, 4.69) is 20.7 Å². The minimum atomic E-state index is -1.07. The lowest BCUT2D eigenvalue weighted by molar-refractivity contribution is -0.137. The van der Waals surface area contributed by atoms with Gasteiger partial charge in [-0.1, -0.05) is 30.3 Å². The Morgan fingerprint density at radius 2 is 1.79 bits per heavy atom. The Labute approximate surface area is 191 Å². The number of hydrogen-bond donors (Lipinski definition) is 2. The topological polar surface area (TPSA) is 128 Å². The zero-order valence-electron chi connectivity index (χ0n) is 18.8. The summed E-state index contributed by atoms with van der Waals surface area (Å²) in [5.74, 6) is 0.0107. The highest BCUT2D eigenvalue weighted by atomic mass is 16.6. The molecule has 2 N–H and O–H groups in total. The van der Waals surface area contributed by atoms with Crippen molar-refractivity contribution in [2.24, 2.45) is 0 Å². The molecule has 2 aromatic carbocycles. The molecule has 33 heavy (non-hydrogen) atoms. The van der Waals surface area contributed by atoms with Gasteiger partial charge in [-0.05, 0) is 55.8 Å². The minimum Gasteiger partial charge on any atom is -0.489 e. The summed E-state index contributed by atoms with van der Waals surface area (Å²) in [4.78, 5) is 24.5. The highest BCUT2D eigenvalue weighted by Gasteiger charge is 2.22. The molecule has 1 heterocycles. The quantitative estimate of drug-likeness (QED) is 0.505. The van der Waals surface area contributed by atoms with E-state index in [4.69, 9.17) is 14.6 Å². The Balaban J connectivity index is 1.61. The number of carbonyl (C=O) groups excluding carboxylic acids is 1. The zero-order valence-corrected chi connectivity index (χ0v) is 18.8. The number of nitrogens with one attached hydrogen (secondary N) is 1. The van der Waals surface area contributed by atoms with Crippen LogP contribution in [0.5, 0.6) is 5.75 Å². The van der Waals surface area contributed by atoms with Gasteiger partial charge in [0.05, 0.1) is 19.0 Å². The van der Waals surface area contributed by atoms with Crippen molar-refractivity contribution >= 4 is 12.1 Å². The molecule has 0 fully saturated rings. The van der Waals surface area contributed by atoms with Crippen molar-refractivity contribution in [3.05, 3.63) is 60.2 Å². The molecule has 0 saturated heterocycles. The number of ether oxygens (including phenoxy) is 2. The number of carbonyl (C=O) groups is 2. The second-order valence-corrected chi connectivity index (χ2v) is 8.41. The van der Waals surface area contributed by atoms with Crippen molar-refractivity contribution in [1.29, 1.82) is 0 Å². The summed E-state index contributed by atoms with van der Waals surface area (Å²) in [6.45, 7) is 5.66. The van der Waals surface area contributed by atoms with Gasteiger partial charge in [0.25, 0.3) is 0 Å². The zero-order chi connectivity index (χ0) is 23.8. The summed E-state index contributed by atoms with van der Waals surface area (Å²) >= 11 is 0. The fraction of sp³-hybridized carbons (Fsp3) is 0.348. The molecule has 0 unspecified atom stereocenters. The number of tetrazole rings is 1. The normalized spacial score (nSPS) is 12.1. The number of aliphatic carboxylic acids is 1. The summed E-state index contributed by atoms with van der Waals surface area (Å²) < 4.78 is 11.0. The molecule has 1 aromatic heterocycles. The first-order valence-electron chi connectivity index (χ1n) is 10.4. The maximum Gasteiger partial charge on any atom is 0.407 e. The van der Waals surface area contributed by atoms with Gasteiger partial charge >= 0.3 is 12.1 Å². The third kappa shape index (κ3) is 7.91. The van der Waals surface area contributed by atoms with Crippen LogP contribution < -0.4 is 10.1 Å². The van der Waals surface area contributed by atoms with Crippen LogP contribution in [-0.2, 0) is 22.7 Å². The highest BCUT2D eigenvalue weighted by Crippen LogP contribution is 2.20. The van der Waals surface area contributed by atoms with Crippen LogP contribution in [0.4, 0.5) is 4.79 Å². The van der Waals surface area contributed by atoms with Crippen LogP contribution in [0.15, 0.2) is 54.6 Å².